The van der Waals surface area contributed by atoms with E-state index in [1.165, 1.54) is 0 Å². The molecule has 40 heavy (non-hydrogen) atoms. The summed E-state index contributed by atoms with van der Waals surface area (Å²) in [6.45, 7) is 1.64. The van der Waals surface area contributed by atoms with E-state index in [2.05, 4.69) is 0 Å². The first-order chi connectivity index (χ1) is 19.4. The van der Waals surface area contributed by atoms with Gasteiger partial charge in [-0.15, -0.1) is 0 Å². The van der Waals surface area contributed by atoms with Gasteiger partial charge in [-0.25, -0.2) is 4.68 Å². The number of imide groups is 1. The highest BCUT2D eigenvalue weighted by atomic mass is 16.5. The molecule has 0 N–H and O–H groups in total. The summed E-state index contributed by atoms with van der Waals surface area (Å²) in [4.78, 5) is 28.1. The van der Waals surface area contributed by atoms with E-state index >= 15 is 0 Å². The van der Waals surface area contributed by atoms with Gasteiger partial charge in [0.05, 0.1) is 26.5 Å². The van der Waals surface area contributed by atoms with E-state index in [4.69, 9.17) is 14.6 Å². The molecule has 1 aliphatic rings. The van der Waals surface area contributed by atoms with Crippen molar-refractivity contribution in [3.05, 3.63) is 113 Å². The van der Waals surface area contributed by atoms with E-state index in [0.29, 0.717) is 28.3 Å². The zero-order valence-electron chi connectivity index (χ0n) is 22.3. The van der Waals surface area contributed by atoms with Crippen LogP contribution in [-0.2, 0) is 16.1 Å². The van der Waals surface area contributed by atoms with Crippen molar-refractivity contribution in [3.63, 3.8) is 0 Å². The van der Waals surface area contributed by atoms with E-state index in [-0.39, 0.29) is 17.7 Å². The maximum absolute atomic E-state index is 13.8. The third-order valence-corrected chi connectivity index (χ3v) is 6.73. The molecule has 2 heterocycles. The standard InChI is InChI=1S/C32H26N4O4/c1-21-28(31(37)35(32(38)29(21)18-33)19-22-12-14-26(39-2)15-13-22)17-24-20-36(25-9-5-4-6-10-25)34-30(24)23-8-7-11-27(16-23)40-3/h4-17,20H,19H2,1-3H3/b28-17+. The van der Waals surface area contributed by atoms with Crippen LogP contribution in [0, 0.1) is 11.3 Å². The molecule has 4 aromatic rings. The molecule has 0 bridgehead atoms. The van der Waals surface area contributed by atoms with Crippen LogP contribution in [0.4, 0.5) is 0 Å². The molecule has 0 radical (unpaired) electrons. The topological polar surface area (TPSA) is 97.5 Å². The van der Waals surface area contributed by atoms with Crippen LogP contribution < -0.4 is 9.47 Å². The zero-order chi connectivity index (χ0) is 28.2. The van der Waals surface area contributed by atoms with E-state index in [9.17, 15) is 14.9 Å². The van der Waals surface area contributed by atoms with Gasteiger partial charge >= 0.3 is 0 Å². The second-order valence-corrected chi connectivity index (χ2v) is 9.16. The lowest BCUT2D eigenvalue weighted by molar-refractivity contribution is -0.141. The molecule has 0 spiro atoms. The van der Waals surface area contributed by atoms with Gasteiger partial charge in [-0.05, 0) is 60.5 Å². The zero-order valence-corrected chi connectivity index (χ0v) is 22.3. The number of hydrogen-bond donors (Lipinski definition) is 0. The number of nitriles is 1. The number of ether oxygens (including phenoxy) is 2. The monoisotopic (exact) mass is 530 g/mol. The molecule has 0 aliphatic carbocycles. The molecule has 5 rings (SSSR count). The average Bonchev–Trinajstić information content (AvgIpc) is 3.42. The van der Waals surface area contributed by atoms with Crippen molar-refractivity contribution < 1.29 is 19.1 Å². The SMILES string of the molecule is COc1ccc(CN2C(=O)C(C#N)=C(C)/C(=C\c3cn(-c4ccccc4)nc3-c3cccc(OC)c3)C2=O)cc1. The lowest BCUT2D eigenvalue weighted by Crippen LogP contribution is -2.42. The molecule has 0 saturated carbocycles. The molecule has 0 unspecified atom stereocenters. The van der Waals surface area contributed by atoms with Gasteiger partial charge in [0.1, 0.15) is 28.8 Å². The number of nitrogens with zero attached hydrogens (tertiary/aromatic N) is 4. The predicted molar refractivity (Wildman–Crippen MR) is 150 cm³/mol. The first-order valence-corrected chi connectivity index (χ1v) is 12.5. The first kappa shape index (κ1) is 26.2. The van der Waals surface area contributed by atoms with Crippen LogP contribution in [0.2, 0.25) is 0 Å². The van der Waals surface area contributed by atoms with Crippen molar-refractivity contribution in [3.8, 4) is 34.5 Å². The highest BCUT2D eigenvalue weighted by Crippen LogP contribution is 2.33. The summed E-state index contributed by atoms with van der Waals surface area (Å²) in [7, 11) is 3.16. The molecule has 0 fully saturated rings. The van der Waals surface area contributed by atoms with Crippen molar-refractivity contribution in [2.24, 2.45) is 0 Å². The van der Waals surface area contributed by atoms with Crippen molar-refractivity contribution in [2.45, 2.75) is 13.5 Å². The van der Waals surface area contributed by atoms with E-state index in [1.54, 1.807) is 56.2 Å². The summed E-state index contributed by atoms with van der Waals surface area (Å²) in [5.41, 5.74) is 4.13. The minimum Gasteiger partial charge on any atom is -0.497 e. The van der Waals surface area contributed by atoms with Crippen LogP contribution in [0.1, 0.15) is 18.1 Å². The molecule has 0 saturated heterocycles. The third kappa shape index (κ3) is 5.00. The Bertz CT molecular complexity index is 1690. The second kappa shape index (κ2) is 11.1. The Morgan fingerprint density at radius 1 is 0.900 bits per heavy atom. The van der Waals surface area contributed by atoms with Gasteiger partial charge in [0.25, 0.3) is 11.8 Å². The number of amides is 2. The third-order valence-electron chi connectivity index (χ3n) is 6.73. The highest BCUT2D eigenvalue weighted by Gasteiger charge is 2.35. The predicted octanol–water partition coefficient (Wildman–Crippen LogP) is 5.35. The molecular formula is C32H26N4O4. The number of aromatic nitrogens is 2. The Balaban J connectivity index is 1.63. The van der Waals surface area contributed by atoms with Gasteiger partial charge in [-0.1, -0.05) is 42.5 Å². The van der Waals surface area contributed by atoms with Crippen LogP contribution in [0.15, 0.2) is 102 Å². The molecule has 0 atom stereocenters. The summed E-state index contributed by atoms with van der Waals surface area (Å²) < 4.78 is 12.4. The molecule has 198 valence electrons. The minimum atomic E-state index is -0.619. The van der Waals surface area contributed by atoms with Gasteiger partial charge in [0, 0.05) is 22.9 Å². The van der Waals surface area contributed by atoms with Crippen molar-refractivity contribution in [2.75, 3.05) is 14.2 Å². The number of benzene rings is 3. The number of carbonyl (C=O) groups excluding carboxylic acids is 2. The van der Waals surface area contributed by atoms with Gasteiger partial charge in [0.2, 0.25) is 0 Å². The Labute approximate surface area is 232 Å². The molecule has 2 amide bonds. The molecule has 8 heteroatoms. The lowest BCUT2D eigenvalue weighted by atomic mass is 9.93. The number of rotatable bonds is 7. The second-order valence-electron chi connectivity index (χ2n) is 9.16. The van der Waals surface area contributed by atoms with Gasteiger partial charge in [-0.2, -0.15) is 10.4 Å². The number of hydrogen-bond acceptors (Lipinski definition) is 6. The number of methoxy groups -OCH3 is 2. The summed E-state index contributed by atoms with van der Waals surface area (Å²) in [6.07, 6.45) is 3.53. The maximum atomic E-state index is 13.8. The Hall–Kier alpha value is -5.42. The van der Waals surface area contributed by atoms with Crippen LogP contribution >= 0.6 is 0 Å². The fourth-order valence-electron chi connectivity index (χ4n) is 4.54. The van der Waals surface area contributed by atoms with Crippen molar-refractivity contribution in [1.29, 1.82) is 5.26 Å². The summed E-state index contributed by atoms with van der Waals surface area (Å²) >= 11 is 0. The smallest absolute Gasteiger partial charge is 0.271 e. The van der Waals surface area contributed by atoms with Gasteiger partial charge in [-0.3, -0.25) is 14.5 Å². The van der Waals surface area contributed by atoms with Gasteiger partial charge in [0.15, 0.2) is 0 Å². The van der Waals surface area contributed by atoms with Crippen LogP contribution in [-0.4, -0.2) is 40.7 Å². The largest absolute Gasteiger partial charge is 0.497 e. The Morgan fingerprint density at radius 3 is 2.30 bits per heavy atom. The minimum absolute atomic E-state index is 0.0173. The van der Waals surface area contributed by atoms with Crippen LogP contribution in [0.3, 0.4) is 0 Å². The van der Waals surface area contributed by atoms with Crippen molar-refractivity contribution in [1.82, 2.24) is 14.7 Å². The molecule has 1 aliphatic heterocycles. The molecule has 8 nitrogen and oxygen atoms in total. The van der Waals surface area contributed by atoms with Crippen LogP contribution in [0.25, 0.3) is 23.0 Å². The fourth-order valence-corrected chi connectivity index (χ4v) is 4.54. The van der Waals surface area contributed by atoms with E-state index in [0.717, 1.165) is 21.7 Å². The lowest BCUT2D eigenvalue weighted by Gasteiger charge is -2.27. The summed E-state index contributed by atoms with van der Waals surface area (Å²) in [5, 5.41) is 14.7. The summed E-state index contributed by atoms with van der Waals surface area (Å²) in [6, 6.07) is 26.2. The Kier molecular flexibility index (Phi) is 7.29. The van der Waals surface area contributed by atoms with Crippen molar-refractivity contribution >= 4 is 17.9 Å². The molecule has 3 aromatic carbocycles. The summed E-state index contributed by atoms with van der Waals surface area (Å²) in [5.74, 6) is 0.222. The average molecular weight is 531 g/mol. The molecular weight excluding hydrogens is 504 g/mol. The highest BCUT2D eigenvalue weighted by molar-refractivity contribution is 6.19. The Morgan fingerprint density at radius 2 is 1.62 bits per heavy atom. The number of carbonyl (C=O) groups is 2. The normalized spacial score (nSPS) is 14.4. The van der Waals surface area contributed by atoms with E-state index < -0.39 is 11.8 Å². The first-order valence-electron chi connectivity index (χ1n) is 12.5. The molecule has 1 aromatic heterocycles. The fraction of sp³-hybridized carbons (Fsp3) is 0.125. The van der Waals surface area contributed by atoms with Gasteiger partial charge < -0.3 is 9.47 Å². The maximum Gasteiger partial charge on any atom is 0.271 e. The van der Waals surface area contributed by atoms with Crippen LogP contribution in [0.5, 0.6) is 11.5 Å². The quantitative estimate of drug-likeness (QED) is 0.236. The number of para-hydroxylation sites is 1. The van der Waals surface area contributed by atoms with E-state index in [1.807, 2.05) is 66.9 Å².